The number of rotatable bonds is 3. The second-order valence-electron chi connectivity index (χ2n) is 4.15. The van der Waals surface area contributed by atoms with Gasteiger partial charge in [0, 0.05) is 37.7 Å². The molecule has 7 heteroatoms. The van der Waals surface area contributed by atoms with E-state index in [0.29, 0.717) is 25.1 Å². The number of nitrogens with zero attached hydrogens (tertiary/aromatic N) is 3. The monoisotopic (exact) mass is 249 g/mol. The number of aromatic nitrogens is 2. The van der Waals surface area contributed by atoms with E-state index in [-0.39, 0.29) is 11.8 Å². The third-order valence-electron chi connectivity index (χ3n) is 2.94. The van der Waals surface area contributed by atoms with Crippen LogP contribution in [0, 0.1) is 6.92 Å². The largest absolute Gasteiger partial charge is 0.347 e. The first kappa shape index (κ1) is 12.3. The quantitative estimate of drug-likeness (QED) is 0.764. The van der Waals surface area contributed by atoms with E-state index in [2.05, 4.69) is 20.9 Å². The van der Waals surface area contributed by atoms with E-state index in [1.54, 1.807) is 10.9 Å². The zero-order valence-corrected chi connectivity index (χ0v) is 10.4. The normalized spacial score (nSPS) is 15.0. The maximum Gasteiger partial charge on any atom is 0.267 e. The zero-order chi connectivity index (χ0) is 13.1. The highest BCUT2D eigenvalue weighted by Gasteiger charge is 2.18. The van der Waals surface area contributed by atoms with E-state index in [0.717, 1.165) is 11.3 Å². The van der Waals surface area contributed by atoms with E-state index in [9.17, 15) is 9.59 Å². The van der Waals surface area contributed by atoms with Gasteiger partial charge in [-0.05, 0) is 6.92 Å². The number of nitrogens with one attached hydrogen (secondary N) is 2. The Morgan fingerprint density at radius 3 is 2.89 bits per heavy atom. The molecule has 2 N–H and O–H groups in total. The van der Waals surface area contributed by atoms with Crippen LogP contribution in [0.25, 0.3) is 0 Å². The summed E-state index contributed by atoms with van der Waals surface area (Å²) in [6.07, 6.45) is 2.40. The van der Waals surface area contributed by atoms with Crippen LogP contribution in [0.15, 0.2) is 11.3 Å². The summed E-state index contributed by atoms with van der Waals surface area (Å²) in [5, 5.41) is 10.6. The van der Waals surface area contributed by atoms with Crippen LogP contribution < -0.4 is 10.7 Å². The van der Waals surface area contributed by atoms with Crippen molar-refractivity contribution in [2.75, 3.05) is 0 Å². The van der Waals surface area contributed by atoms with Crippen molar-refractivity contribution in [3.8, 4) is 0 Å². The number of amides is 2. The van der Waals surface area contributed by atoms with Gasteiger partial charge in [-0.1, -0.05) is 0 Å². The maximum atomic E-state index is 11.8. The number of hydrogen-bond donors (Lipinski definition) is 2. The van der Waals surface area contributed by atoms with Crippen molar-refractivity contribution in [2.45, 2.75) is 26.3 Å². The standard InChI is InChI=1S/C11H15N5O2/c1-7-8(6-13-16(7)2)5-12-11(18)9-3-4-10(17)15-14-9/h6H,3-5H2,1-2H3,(H,12,18)(H,15,17). The summed E-state index contributed by atoms with van der Waals surface area (Å²) >= 11 is 0. The Balaban J connectivity index is 1.93. The Bertz CT molecular complexity index is 518. The van der Waals surface area contributed by atoms with Crippen LogP contribution in [-0.2, 0) is 23.2 Å². The molecule has 2 heterocycles. The first-order valence-electron chi connectivity index (χ1n) is 5.69. The molecule has 0 aromatic carbocycles. The van der Waals surface area contributed by atoms with Crippen LogP contribution in [0.1, 0.15) is 24.1 Å². The maximum absolute atomic E-state index is 11.8. The minimum Gasteiger partial charge on any atom is -0.347 e. The lowest BCUT2D eigenvalue weighted by Gasteiger charge is -2.11. The number of hydrazone groups is 1. The fourth-order valence-electron chi connectivity index (χ4n) is 1.63. The lowest BCUT2D eigenvalue weighted by Crippen LogP contribution is -2.36. The number of hydrogen-bond acceptors (Lipinski definition) is 4. The van der Waals surface area contributed by atoms with Crippen LogP contribution in [0.3, 0.4) is 0 Å². The summed E-state index contributed by atoms with van der Waals surface area (Å²) < 4.78 is 1.75. The third kappa shape index (κ3) is 2.55. The molecule has 0 atom stereocenters. The van der Waals surface area contributed by atoms with Crippen LogP contribution in [0.5, 0.6) is 0 Å². The predicted molar refractivity (Wildman–Crippen MR) is 64.6 cm³/mol. The molecular weight excluding hydrogens is 234 g/mol. The fraction of sp³-hybridized carbons (Fsp3) is 0.455. The van der Waals surface area contributed by atoms with Crippen molar-refractivity contribution in [2.24, 2.45) is 12.1 Å². The highest BCUT2D eigenvalue weighted by atomic mass is 16.2. The van der Waals surface area contributed by atoms with Crippen molar-refractivity contribution in [3.63, 3.8) is 0 Å². The second-order valence-corrected chi connectivity index (χ2v) is 4.15. The molecule has 1 aliphatic rings. The van der Waals surface area contributed by atoms with Crippen molar-refractivity contribution in [1.82, 2.24) is 20.5 Å². The molecule has 0 aliphatic carbocycles. The predicted octanol–water partition coefficient (Wildman–Crippen LogP) is -0.389. The molecule has 18 heavy (non-hydrogen) atoms. The minimum absolute atomic E-state index is 0.158. The zero-order valence-electron chi connectivity index (χ0n) is 10.4. The Morgan fingerprint density at radius 1 is 1.56 bits per heavy atom. The molecule has 0 unspecified atom stereocenters. The second kappa shape index (κ2) is 4.99. The molecule has 0 saturated carbocycles. The molecule has 7 nitrogen and oxygen atoms in total. The van der Waals surface area contributed by atoms with Gasteiger partial charge in [0.1, 0.15) is 5.71 Å². The summed E-state index contributed by atoms with van der Waals surface area (Å²) in [6, 6.07) is 0. The Kier molecular flexibility index (Phi) is 3.40. The molecule has 0 fully saturated rings. The van der Waals surface area contributed by atoms with Gasteiger partial charge in [-0.2, -0.15) is 10.2 Å². The van der Waals surface area contributed by atoms with Crippen molar-refractivity contribution >= 4 is 17.5 Å². The fourth-order valence-corrected chi connectivity index (χ4v) is 1.63. The van der Waals surface area contributed by atoms with Gasteiger partial charge < -0.3 is 5.32 Å². The first-order chi connectivity index (χ1) is 8.58. The van der Waals surface area contributed by atoms with Gasteiger partial charge in [0.2, 0.25) is 5.91 Å². The molecule has 96 valence electrons. The van der Waals surface area contributed by atoms with E-state index in [1.165, 1.54) is 0 Å². The van der Waals surface area contributed by atoms with Crippen molar-refractivity contribution in [3.05, 3.63) is 17.5 Å². The van der Waals surface area contributed by atoms with Gasteiger partial charge in [-0.15, -0.1) is 0 Å². The lowest BCUT2D eigenvalue weighted by molar-refractivity contribution is -0.121. The third-order valence-corrected chi connectivity index (χ3v) is 2.94. The summed E-state index contributed by atoms with van der Waals surface area (Å²) in [5.74, 6) is -0.409. The summed E-state index contributed by atoms with van der Waals surface area (Å²) in [7, 11) is 1.85. The van der Waals surface area contributed by atoms with E-state index in [1.807, 2.05) is 14.0 Å². The van der Waals surface area contributed by atoms with Crippen molar-refractivity contribution in [1.29, 1.82) is 0 Å². The summed E-state index contributed by atoms with van der Waals surface area (Å²) in [6.45, 7) is 2.35. The number of aryl methyl sites for hydroxylation is 1. The molecule has 0 radical (unpaired) electrons. The van der Waals surface area contributed by atoms with Gasteiger partial charge in [0.05, 0.1) is 6.20 Å². The summed E-state index contributed by atoms with van der Waals surface area (Å²) in [4.78, 5) is 22.7. The molecular formula is C11H15N5O2. The van der Waals surface area contributed by atoms with Crippen molar-refractivity contribution < 1.29 is 9.59 Å². The van der Waals surface area contributed by atoms with Crippen LogP contribution in [0.4, 0.5) is 0 Å². The van der Waals surface area contributed by atoms with Crippen LogP contribution in [0.2, 0.25) is 0 Å². The van der Waals surface area contributed by atoms with Gasteiger partial charge in [0.25, 0.3) is 5.91 Å². The molecule has 0 spiro atoms. The average Bonchev–Trinajstić information content (AvgIpc) is 2.68. The SMILES string of the molecule is Cc1c(CNC(=O)C2=NNC(=O)CC2)cnn1C. The Morgan fingerprint density at radius 2 is 2.33 bits per heavy atom. The van der Waals surface area contributed by atoms with Gasteiger partial charge >= 0.3 is 0 Å². The highest BCUT2D eigenvalue weighted by Crippen LogP contribution is 2.05. The van der Waals surface area contributed by atoms with Gasteiger partial charge in [0.15, 0.2) is 0 Å². The Hall–Kier alpha value is -2.18. The lowest BCUT2D eigenvalue weighted by atomic mass is 10.1. The Labute approximate surface area is 104 Å². The van der Waals surface area contributed by atoms with E-state index >= 15 is 0 Å². The van der Waals surface area contributed by atoms with E-state index < -0.39 is 0 Å². The van der Waals surface area contributed by atoms with E-state index in [4.69, 9.17) is 0 Å². The highest BCUT2D eigenvalue weighted by molar-refractivity contribution is 6.39. The summed E-state index contributed by atoms with van der Waals surface area (Å²) in [5.41, 5.74) is 4.63. The topological polar surface area (TPSA) is 88.4 Å². The smallest absolute Gasteiger partial charge is 0.267 e. The minimum atomic E-state index is -0.252. The molecule has 1 aromatic rings. The van der Waals surface area contributed by atoms with Gasteiger partial charge in [-0.3, -0.25) is 14.3 Å². The molecule has 0 bridgehead atoms. The molecule has 1 aromatic heterocycles. The average molecular weight is 249 g/mol. The van der Waals surface area contributed by atoms with Gasteiger partial charge in [-0.25, -0.2) is 5.43 Å². The number of carbonyl (C=O) groups excluding carboxylic acids is 2. The molecule has 2 amide bonds. The molecule has 1 aliphatic heterocycles. The molecule has 2 rings (SSSR count). The van der Waals surface area contributed by atoms with Crippen LogP contribution in [-0.4, -0.2) is 27.3 Å². The van der Waals surface area contributed by atoms with Crippen LogP contribution >= 0.6 is 0 Å². The first-order valence-corrected chi connectivity index (χ1v) is 5.69. The molecule has 0 saturated heterocycles. The number of carbonyl (C=O) groups is 2.